The first-order valence-corrected chi connectivity index (χ1v) is 12.7. The Balaban J connectivity index is 1.31. The number of rotatable bonds is 10. The van der Waals surface area contributed by atoms with Gasteiger partial charge in [-0.1, -0.05) is 25.1 Å². The number of benzene rings is 1. The quantitative estimate of drug-likeness (QED) is 0.432. The molecule has 8 heteroatoms. The fraction of sp³-hybridized carbons (Fsp3) is 0.480. The van der Waals surface area contributed by atoms with Gasteiger partial charge >= 0.3 is 0 Å². The first-order chi connectivity index (χ1) is 16.1. The highest BCUT2D eigenvalue weighted by Crippen LogP contribution is 2.23. The molecule has 0 bridgehead atoms. The Morgan fingerprint density at radius 3 is 2.58 bits per heavy atom. The average Bonchev–Trinajstić information content (AvgIpc) is 3.52. The number of carbonyl (C=O) groups excluding carboxylic acids is 1. The molecule has 4 rings (SSSR count). The van der Waals surface area contributed by atoms with Crippen molar-refractivity contribution in [3.8, 4) is 10.8 Å². The second-order valence-electron chi connectivity index (χ2n) is 8.68. The van der Waals surface area contributed by atoms with Crippen LogP contribution in [0.3, 0.4) is 0 Å². The van der Waals surface area contributed by atoms with Crippen LogP contribution < -0.4 is 4.90 Å². The normalized spacial score (nSPS) is 14.1. The van der Waals surface area contributed by atoms with Crippen LogP contribution in [0, 0.1) is 0 Å². The molecule has 0 saturated carbocycles. The van der Waals surface area contributed by atoms with Crippen LogP contribution in [0.1, 0.15) is 44.1 Å². The highest BCUT2D eigenvalue weighted by molar-refractivity contribution is 7.13. The lowest BCUT2D eigenvalue weighted by molar-refractivity contribution is -0.133. The molecule has 1 aliphatic heterocycles. The molecule has 0 spiro atoms. The summed E-state index contributed by atoms with van der Waals surface area (Å²) >= 11 is 1.56. The molecule has 1 saturated heterocycles. The van der Waals surface area contributed by atoms with Crippen LogP contribution in [-0.2, 0) is 17.9 Å². The molecule has 176 valence electrons. The van der Waals surface area contributed by atoms with Crippen LogP contribution >= 0.6 is 11.3 Å². The molecule has 7 nitrogen and oxygen atoms in total. The zero-order valence-corrected chi connectivity index (χ0v) is 20.4. The minimum atomic E-state index is 0.0696. The molecule has 0 unspecified atom stereocenters. The number of anilines is 1. The molecule has 0 N–H and O–H groups in total. The molecule has 0 radical (unpaired) electrons. The molecule has 0 atom stereocenters. The number of hydrogen-bond acceptors (Lipinski definition) is 7. The van der Waals surface area contributed by atoms with Crippen LogP contribution in [0.25, 0.3) is 10.8 Å². The van der Waals surface area contributed by atoms with Gasteiger partial charge in [-0.3, -0.25) is 9.69 Å². The maximum absolute atomic E-state index is 13.0. The van der Waals surface area contributed by atoms with Gasteiger partial charge in [0.25, 0.3) is 5.89 Å². The Bertz CT molecular complexity index is 996. The third kappa shape index (κ3) is 6.42. The van der Waals surface area contributed by atoms with Gasteiger partial charge < -0.3 is 14.2 Å². The lowest BCUT2D eigenvalue weighted by Crippen LogP contribution is -2.39. The smallest absolute Gasteiger partial charge is 0.257 e. The lowest BCUT2D eigenvalue weighted by Gasteiger charge is -2.29. The molecule has 1 fully saturated rings. The van der Waals surface area contributed by atoms with Crippen LogP contribution in [0.15, 0.2) is 46.2 Å². The van der Waals surface area contributed by atoms with Crippen molar-refractivity contribution in [3.05, 3.63) is 53.2 Å². The summed E-state index contributed by atoms with van der Waals surface area (Å²) in [4.78, 5) is 20.3. The zero-order chi connectivity index (χ0) is 23.0. The summed E-state index contributed by atoms with van der Waals surface area (Å²) in [5, 5.41) is 10.3. The van der Waals surface area contributed by atoms with Gasteiger partial charge in [0, 0.05) is 31.9 Å². The summed E-state index contributed by atoms with van der Waals surface area (Å²) in [6.07, 6.45) is 4.77. The van der Waals surface area contributed by atoms with E-state index in [0.29, 0.717) is 31.4 Å². The largest absolute Gasteiger partial charge is 0.418 e. The summed E-state index contributed by atoms with van der Waals surface area (Å²) in [5.74, 6) is 1.05. The van der Waals surface area contributed by atoms with Crippen LogP contribution in [0.2, 0.25) is 0 Å². The number of amides is 1. The van der Waals surface area contributed by atoms with Crippen molar-refractivity contribution >= 4 is 22.9 Å². The van der Waals surface area contributed by atoms with Crippen molar-refractivity contribution in [1.29, 1.82) is 0 Å². The monoisotopic (exact) mass is 467 g/mol. The number of carbonyl (C=O) groups is 1. The molecular weight excluding hydrogens is 434 g/mol. The van der Waals surface area contributed by atoms with Gasteiger partial charge in [-0.15, -0.1) is 21.5 Å². The maximum atomic E-state index is 13.0. The topological polar surface area (TPSA) is 65.7 Å². The van der Waals surface area contributed by atoms with Crippen LogP contribution in [-0.4, -0.2) is 59.1 Å². The van der Waals surface area contributed by atoms with E-state index in [4.69, 9.17) is 4.42 Å². The summed E-state index contributed by atoms with van der Waals surface area (Å²) < 4.78 is 5.79. The second-order valence-corrected chi connectivity index (χ2v) is 9.63. The van der Waals surface area contributed by atoms with E-state index in [1.165, 1.54) is 30.5 Å². The maximum Gasteiger partial charge on any atom is 0.257 e. The van der Waals surface area contributed by atoms with E-state index in [9.17, 15) is 4.79 Å². The Morgan fingerprint density at radius 1 is 1.09 bits per heavy atom. The summed E-state index contributed by atoms with van der Waals surface area (Å²) in [6.45, 7) is 6.44. The third-order valence-corrected chi connectivity index (χ3v) is 6.74. The van der Waals surface area contributed by atoms with Gasteiger partial charge in [0.1, 0.15) is 0 Å². The molecular formula is C25H33N5O2S. The van der Waals surface area contributed by atoms with E-state index in [-0.39, 0.29) is 5.91 Å². The Hall–Kier alpha value is -2.71. The van der Waals surface area contributed by atoms with Gasteiger partial charge in [0.2, 0.25) is 11.8 Å². The fourth-order valence-corrected chi connectivity index (χ4v) is 4.85. The van der Waals surface area contributed by atoms with Crippen molar-refractivity contribution in [2.45, 2.75) is 45.7 Å². The predicted octanol–water partition coefficient (Wildman–Crippen LogP) is 4.66. The van der Waals surface area contributed by atoms with E-state index >= 15 is 0 Å². The highest BCUT2D eigenvalue weighted by atomic mass is 32.1. The van der Waals surface area contributed by atoms with E-state index in [1.54, 1.807) is 11.3 Å². The van der Waals surface area contributed by atoms with Crippen LogP contribution in [0.4, 0.5) is 5.69 Å². The first kappa shape index (κ1) is 23.4. The van der Waals surface area contributed by atoms with Gasteiger partial charge in [-0.25, -0.2) is 0 Å². The Morgan fingerprint density at radius 2 is 1.88 bits per heavy atom. The number of thiophene rings is 1. The molecule has 0 aliphatic carbocycles. The molecule has 1 amide bonds. The van der Waals surface area contributed by atoms with Gasteiger partial charge in [-0.2, -0.15) is 0 Å². The van der Waals surface area contributed by atoms with Crippen molar-refractivity contribution < 1.29 is 9.21 Å². The lowest BCUT2D eigenvalue weighted by atomic mass is 10.1. The molecule has 3 heterocycles. The third-order valence-electron chi connectivity index (χ3n) is 5.89. The minimum Gasteiger partial charge on any atom is -0.418 e. The SMILES string of the molecule is CCCN(Cc1nnc(-c2cccs2)o1)C(=O)CN(C)Cc1ccc(N2CCCCC2)cc1. The minimum absolute atomic E-state index is 0.0696. The molecule has 1 aromatic carbocycles. The summed E-state index contributed by atoms with van der Waals surface area (Å²) in [5.41, 5.74) is 2.51. The van der Waals surface area contributed by atoms with Crippen LogP contribution in [0.5, 0.6) is 0 Å². The van der Waals surface area contributed by atoms with Crippen molar-refractivity contribution in [1.82, 2.24) is 20.0 Å². The number of hydrogen-bond donors (Lipinski definition) is 0. The molecule has 1 aliphatic rings. The van der Waals surface area contributed by atoms with Crippen molar-refractivity contribution in [3.63, 3.8) is 0 Å². The number of aromatic nitrogens is 2. The standard InChI is InChI=1S/C25H33N5O2S/c1-3-13-30(18-23-26-27-25(32-23)22-8-7-16-33-22)24(31)19-28(2)17-20-9-11-21(12-10-20)29-14-5-4-6-15-29/h7-12,16H,3-6,13-15,17-19H2,1-2H3. The van der Waals surface area contributed by atoms with Gasteiger partial charge in [0.05, 0.1) is 18.0 Å². The van der Waals surface area contributed by atoms with Crippen molar-refractivity contribution in [2.24, 2.45) is 0 Å². The fourth-order valence-electron chi connectivity index (χ4n) is 4.21. The highest BCUT2D eigenvalue weighted by Gasteiger charge is 2.19. The van der Waals surface area contributed by atoms with E-state index in [1.807, 2.05) is 29.5 Å². The average molecular weight is 468 g/mol. The predicted molar refractivity (Wildman–Crippen MR) is 132 cm³/mol. The Labute approximate surface area is 200 Å². The second kappa shape index (κ2) is 11.4. The van der Waals surface area contributed by atoms with Gasteiger partial charge in [0.15, 0.2) is 0 Å². The van der Waals surface area contributed by atoms with E-state index < -0.39 is 0 Å². The Kier molecular flexibility index (Phi) is 8.12. The number of piperidine rings is 1. The zero-order valence-electron chi connectivity index (χ0n) is 19.6. The first-order valence-electron chi connectivity index (χ1n) is 11.8. The van der Waals surface area contributed by atoms with Crippen molar-refractivity contribution in [2.75, 3.05) is 38.1 Å². The summed E-state index contributed by atoms with van der Waals surface area (Å²) in [7, 11) is 1.99. The number of likely N-dealkylation sites (N-methyl/N-ethyl adjacent to an activating group) is 1. The van der Waals surface area contributed by atoms with Gasteiger partial charge in [-0.05, 0) is 61.9 Å². The molecule has 2 aromatic heterocycles. The molecule has 33 heavy (non-hydrogen) atoms. The number of nitrogens with zero attached hydrogens (tertiary/aromatic N) is 5. The van der Waals surface area contributed by atoms with E-state index in [2.05, 4.69) is 51.2 Å². The molecule has 3 aromatic rings. The van der Waals surface area contributed by atoms with E-state index in [0.717, 1.165) is 30.9 Å². The summed E-state index contributed by atoms with van der Waals surface area (Å²) in [6, 6.07) is 12.7.